The molecular weight excluding hydrogens is 1030 g/mol. The van der Waals surface area contributed by atoms with Gasteiger partial charge in [-0.05, 0) is 68.8 Å². The van der Waals surface area contributed by atoms with Gasteiger partial charge in [0.05, 0.1) is 10.6 Å². The van der Waals surface area contributed by atoms with E-state index in [0.29, 0.717) is 18.2 Å². The fourth-order valence-corrected chi connectivity index (χ4v) is 14.5. The normalized spacial score (nSPS) is 15.9. The van der Waals surface area contributed by atoms with Gasteiger partial charge >= 0.3 is 12.4 Å². The number of nitrogens with zero attached hydrogens (tertiary/aromatic N) is 2. The molecule has 0 fully saturated rings. The molecule has 2 aliphatic rings. The zero-order valence-corrected chi connectivity index (χ0v) is 36.8. The average Bonchev–Trinajstić information content (AvgIpc) is 3.83. The summed E-state index contributed by atoms with van der Waals surface area (Å²) in [5.41, 5.74) is -10.8. The molecule has 0 spiro atoms. The summed E-state index contributed by atoms with van der Waals surface area (Å²) < 4.78 is 271. The zero-order chi connectivity index (χ0) is 52.3. The van der Waals surface area contributed by atoms with Gasteiger partial charge in [-0.3, -0.25) is 0 Å². The van der Waals surface area contributed by atoms with E-state index in [1.54, 1.807) is 0 Å². The Balaban J connectivity index is 1.36. The Bertz CT molecular complexity index is 3510. The number of alkyl halides is 6. The van der Waals surface area contributed by atoms with Gasteiger partial charge in [-0.2, -0.15) is 36.9 Å². The van der Waals surface area contributed by atoms with Crippen molar-refractivity contribution in [3.8, 4) is 34.4 Å². The molecule has 0 saturated heterocycles. The molecule has 7 aromatic carbocycles. The standard InChI is InChI=1S/C50H18F16N2O2P2/c51-37-39(53)43(57)47(44(58)40(37)54)71(69,21-7-3-1-4-8-21)23-11-13-25-27-17-28-26-14-12-24(72(70,22-9-5-2-6-10-22)48-45(59)41(55)38(52)42(56)46(48)60)16-30(26)36(34(20-68)50(64,65)66)32(28)18-31(27)35(29(25)15-23)33(19-67)49(61,62)63/h1-18H/b35-33-,36-34+. The molecule has 2 aliphatic carbocycles. The maximum atomic E-state index is 15.7. The third-order valence-electron chi connectivity index (χ3n) is 12.1. The first-order chi connectivity index (χ1) is 33.8. The summed E-state index contributed by atoms with van der Waals surface area (Å²) in [4.78, 5) is 0. The van der Waals surface area contributed by atoms with Crippen molar-refractivity contribution in [3.05, 3.63) is 201 Å². The number of hydrogen-bond donors (Lipinski definition) is 0. The molecule has 0 bridgehead atoms. The largest absolute Gasteiger partial charge is 0.426 e. The SMILES string of the molecule is N#C/C(=C1/c2cc(P(=O)(c3ccccc3)c3c(F)c(F)c(F)c(F)c3F)ccc2-c2cc3c(cc21)/C(=C(/C#N)C(F)(F)F)c1cc(P(=O)(c2ccccc2)c2c(F)c(F)c(F)c(F)c2F)ccc1-3)C(F)(F)F. The van der Waals surface area contributed by atoms with Crippen molar-refractivity contribution < 1.29 is 79.4 Å². The van der Waals surface area contributed by atoms with Gasteiger partial charge in [0.2, 0.25) is 11.6 Å². The van der Waals surface area contributed by atoms with Crippen LogP contribution < -0.4 is 31.8 Å². The average molecular weight is 1040 g/mol. The maximum absolute atomic E-state index is 15.7. The molecular formula is C50H18F16N2O2P2. The van der Waals surface area contributed by atoms with Crippen molar-refractivity contribution in [3.63, 3.8) is 0 Å². The van der Waals surface area contributed by atoms with E-state index >= 15 is 53.0 Å². The highest BCUT2D eigenvalue weighted by Crippen LogP contribution is 2.57. The molecule has 22 heteroatoms. The van der Waals surface area contributed by atoms with E-state index in [9.17, 15) is 36.9 Å². The van der Waals surface area contributed by atoms with Crippen molar-refractivity contribution in [2.45, 2.75) is 12.4 Å². The first-order valence-electron chi connectivity index (χ1n) is 20.1. The number of nitriles is 2. The van der Waals surface area contributed by atoms with Crippen molar-refractivity contribution in [1.82, 2.24) is 0 Å². The Hall–Kier alpha value is -7.66. The predicted molar refractivity (Wildman–Crippen MR) is 231 cm³/mol. The van der Waals surface area contributed by atoms with Crippen LogP contribution in [0.3, 0.4) is 0 Å². The Morgan fingerprint density at radius 2 is 0.625 bits per heavy atom. The lowest BCUT2D eigenvalue weighted by atomic mass is 9.92. The zero-order valence-electron chi connectivity index (χ0n) is 35.0. The Morgan fingerprint density at radius 3 is 0.917 bits per heavy atom. The van der Waals surface area contributed by atoms with Crippen LogP contribution in [0.2, 0.25) is 0 Å². The van der Waals surface area contributed by atoms with Crippen LogP contribution in [-0.2, 0) is 9.13 Å². The van der Waals surface area contributed by atoms with Gasteiger partial charge in [0.1, 0.15) is 23.3 Å². The van der Waals surface area contributed by atoms with Gasteiger partial charge in [0.15, 0.2) is 60.8 Å². The lowest BCUT2D eigenvalue weighted by molar-refractivity contribution is -0.0876. The highest BCUT2D eigenvalue weighted by Gasteiger charge is 2.47. The smallest absolute Gasteiger partial charge is 0.308 e. The lowest BCUT2D eigenvalue weighted by Gasteiger charge is -2.23. The fourth-order valence-electron chi connectivity index (χ4n) is 8.98. The minimum Gasteiger partial charge on any atom is -0.308 e. The van der Waals surface area contributed by atoms with Gasteiger partial charge in [-0.25, -0.2) is 43.9 Å². The van der Waals surface area contributed by atoms with Crippen LogP contribution in [0.25, 0.3) is 33.4 Å². The molecule has 2 unspecified atom stereocenters. The first kappa shape index (κ1) is 49.3. The second-order valence-electron chi connectivity index (χ2n) is 15.8. The van der Waals surface area contributed by atoms with Crippen LogP contribution in [0.5, 0.6) is 0 Å². The Labute approximate surface area is 393 Å². The van der Waals surface area contributed by atoms with Crippen LogP contribution in [0.4, 0.5) is 70.2 Å². The van der Waals surface area contributed by atoms with Crippen molar-refractivity contribution >= 4 is 57.3 Å². The quantitative estimate of drug-likeness (QED) is 0.0546. The van der Waals surface area contributed by atoms with E-state index in [0.717, 1.165) is 91.0 Å². The molecule has 9 rings (SSSR count). The number of hydrogen-bond acceptors (Lipinski definition) is 4. The van der Waals surface area contributed by atoms with E-state index in [4.69, 9.17) is 0 Å². The Kier molecular flexibility index (Phi) is 11.6. The number of allylic oxidation sites excluding steroid dienone is 2. The maximum Gasteiger partial charge on any atom is 0.426 e. The molecule has 7 aromatic rings. The molecule has 0 amide bonds. The minimum atomic E-state index is -5.63. The van der Waals surface area contributed by atoms with Gasteiger partial charge in [0, 0.05) is 32.4 Å². The van der Waals surface area contributed by atoms with E-state index < -0.39 is 161 Å². The molecule has 362 valence electrons. The topological polar surface area (TPSA) is 81.7 Å². The van der Waals surface area contributed by atoms with E-state index in [1.165, 1.54) is 12.1 Å². The van der Waals surface area contributed by atoms with E-state index in [1.807, 2.05) is 0 Å². The van der Waals surface area contributed by atoms with Crippen LogP contribution in [0, 0.1) is 80.8 Å². The summed E-state index contributed by atoms with van der Waals surface area (Å²) >= 11 is 0. The third-order valence-corrected chi connectivity index (χ3v) is 18.2. The predicted octanol–water partition coefficient (Wildman–Crippen LogP) is 12.1. The van der Waals surface area contributed by atoms with E-state index in [2.05, 4.69) is 0 Å². The Morgan fingerprint density at radius 1 is 0.347 bits per heavy atom. The van der Waals surface area contributed by atoms with Gasteiger partial charge in [-0.1, -0.05) is 84.9 Å². The molecule has 2 atom stereocenters. The lowest BCUT2D eigenvalue weighted by Crippen LogP contribution is -2.32. The van der Waals surface area contributed by atoms with Crippen molar-refractivity contribution in [2.75, 3.05) is 0 Å². The molecule has 4 nitrogen and oxygen atoms in total. The summed E-state index contributed by atoms with van der Waals surface area (Å²) in [5, 5.41) is 13.5. The first-order valence-corrected chi connectivity index (χ1v) is 23.5. The third kappa shape index (κ3) is 7.05. The number of rotatable bonds is 6. The second-order valence-corrected chi connectivity index (χ2v) is 21.2. The molecule has 0 saturated carbocycles. The summed E-state index contributed by atoms with van der Waals surface area (Å²) in [6, 6.07) is 19.4. The van der Waals surface area contributed by atoms with Crippen molar-refractivity contribution in [2.24, 2.45) is 0 Å². The van der Waals surface area contributed by atoms with Crippen LogP contribution in [0.1, 0.15) is 22.3 Å². The number of fused-ring (bicyclic) bond motifs is 6. The molecule has 0 aliphatic heterocycles. The van der Waals surface area contributed by atoms with Crippen LogP contribution in [0.15, 0.2) is 120 Å². The highest BCUT2D eigenvalue weighted by atomic mass is 31.2. The highest BCUT2D eigenvalue weighted by molar-refractivity contribution is 7.85. The van der Waals surface area contributed by atoms with Gasteiger partial charge in [-0.15, -0.1) is 0 Å². The second kappa shape index (κ2) is 17.0. The van der Waals surface area contributed by atoms with Gasteiger partial charge < -0.3 is 9.13 Å². The number of benzene rings is 7. The summed E-state index contributed by atoms with van der Waals surface area (Å²) in [5.74, 6) is -25.6. The summed E-state index contributed by atoms with van der Waals surface area (Å²) in [6.45, 7) is 0. The molecule has 0 radical (unpaired) electrons. The van der Waals surface area contributed by atoms with Crippen LogP contribution in [-0.4, -0.2) is 12.4 Å². The molecule has 72 heavy (non-hydrogen) atoms. The minimum absolute atomic E-state index is 0.340. The summed E-state index contributed by atoms with van der Waals surface area (Å²) in [7, 11) is -10.8. The number of halogens is 16. The van der Waals surface area contributed by atoms with Crippen molar-refractivity contribution in [1.29, 1.82) is 10.5 Å². The van der Waals surface area contributed by atoms with E-state index in [-0.39, 0.29) is 22.3 Å². The molecule has 0 aromatic heterocycles. The monoisotopic (exact) mass is 1040 g/mol. The summed E-state index contributed by atoms with van der Waals surface area (Å²) in [6.07, 6.45) is -11.3. The molecule has 0 heterocycles. The van der Waals surface area contributed by atoms with Gasteiger partial charge in [0.25, 0.3) is 0 Å². The fraction of sp³-hybridized carbons (Fsp3) is 0.0400. The molecule has 0 N–H and O–H groups in total. The van der Waals surface area contributed by atoms with Crippen LogP contribution >= 0.6 is 14.3 Å².